The van der Waals surface area contributed by atoms with Crippen molar-refractivity contribution in [3.63, 3.8) is 0 Å². The number of nitrogens with two attached hydrogens (primary N) is 1. The van der Waals surface area contributed by atoms with Gasteiger partial charge < -0.3 is 41.7 Å². The first-order valence-electron chi connectivity index (χ1n) is 11.4. The number of aliphatic hydroxyl groups is 3. The van der Waals surface area contributed by atoms with E-state index in [9.17, 15) is 42.9 Å². The van der Waals surface area contributed by atoms with Crippen molar-refractivity contribution in [2.24, 2.45) is 5.73 Å². The number of rotatable bonds is 8. The number of urea groups is 1. The van der Waals surface area contributed by atoms with E-state index < -0.39 is 72.7 Å². The van der Waals surface area contributed by atoms with Crippen LogP contribution in [0.15, 0.2) is 54.6 Å². The second-order valence-corrected chi connectivity index (χ2v) is 8.89. The maximum absolute atomic E-state index is 12.9. The number of alkyl halides is 3. The van der Waals surface area contributed by atoms with Crippen LogP contribution in [-0.4, -0.2) is 69.4 Å². The van der Waals surface area contributed by atoms with Crippen molar-refractivity contribution in [1.82, 2.24) is 10.6 Å². The Morgan fingerprint density at radius 2 is 1.68 bits per heavy atom. The van der Waals surface area contributed by atoms with Crippen molar-refractivity contribution in [3.8, 4) is 5.75 Å². The minimum atomic E-state index is -4.88. The Morgan fingerprint density at radius 3 is 2.26 bits per heavy atom. The average molecular weight is 540 g/mol. The van der Waals surface area contributed by atoms with Crippen LogP contribution < -0.4 is 26.4 Å². The molecule has 1 saturated carbocycles. The molecule has 14 heteroatoms. The van der Waals surface area contributed by atoms with Gasteiger partial charge in [-0.05, 0) is 29.8 Å². The fourth-order valence-corrected chi connectivity index (χ4v) is 4.07. The highest BCUT2D eigenvalue weighted by atomic mass is 19.4. The van der Waals surface area contributed by atoms with Crippen molar-refractivity contribution in [3.05, 3.63) is 60.2 Å². The summed E-state index contributed by atoms with van der Waals surface area (Å²) < 4.78 is 40.6. The number of hydrogen-bond acceptors (Lipinski definition) is 7. The lowest BCUT2D eigenvalue weighted by Gasteiger charge is -2.41. The minimum Gasteiger partial charge on any atom is -0.406 e. The number of halogens is 3. The highest BCUT2D eigenvalue weighted by Crippen LogP contribution is 2.30. The van der Waals surface area contributed by atoms with E-state index in [1.807, 2.05) is 0 Å². The van der Waals surface area contributed by atoms with Crippen molar-refractivity contribution in [2.45, 2.75) is 55.5 Å². The normalized spacial score (nSPS) is 24.1. The largest absolute Gasteiger partial charge is 0.573 e. The molecule has 8 N–H and O–H groups in total. The van der Waals surface area contributed by atoms with Gasteiger partial charge in [0.2, 0.25) is 5.91 Å². The molecule has 1 fully saturated rings. The molecule has 2 aromatic carbocycles. The quantitative estimate of drug-likeness (QED) is 0.255. The van der Waals surface area contributed by atoms with E-state index in [0.29, 0.717) is 5.56 Å². The zero-order chi connectivity index (χ0) is 28.1. The van der Waals surface area contributed by atoms with E-state index in [4.69, 9.17) is 5.73 Å². The molecule has 0 heterocycles. The Bertz CT molecular complexity index is 1130. The van der Waals surface area contributed by atoms with Crippen LogP contribution in [0.2, 0.25) is 0 Å². The fourth-order valence-electron chi connectivity index (χ4n) is 4.07. The Balaban J connectivity index is 1.64. The standard InChI is InChI=1S/C24H27F3N4O7/c25-24(26,27)38-15-8-6-14(7-9-15)29-22(36)31-17-11-23(37,12-18(32)19(17)33)21(35)30-16(20(28)34)10-13-4-2-1-3-5-13/h1-9,16-19,32-33,37H,10-12H2,(H2,28,34)(H,30,35)(H2,29,31,36). The van der Waals surface area contributed by atoms with Gasteiger partial charge in [-0.1, -0.05) is 30.3 Å². The van der Waals surface area contributed by atoms with Gasteiger partial charge in [0.15, 0.2) is 0 Å². The molecule has 5 unspecified atom stereocenters. The molecule has 0 saturated heterocycles. The minimum absolute atomic E-state index is 0.0417. The molecule has 2 aromatic rings. The molecule has 3 rings (SSSR count). The molecular formula is C24H27F3N4O7. The monoisotopic (exact) mass is 540 g/mol. The van der Waals surface area contributed by atoms with Crippen LogP contribution >= 0.6 is 0 Å². The van der Waals surface area contributed by atoms with Crippen LogP contribution in [0.25, 0.3) is 0 Å². The Labute approximate surface area is 214 Å². The number of nitrogens with one attached hydrogen (secondary N) is 3. The summed E-state index contributed by atoms with van der Waals surface area (Å²) in [6.45, 7) is 0. The zero-order valence-corrected chi connectivity index (χ0v) is 19.8. The van der Waals surface area contributed by atoms with Gasteiger partial charge >= 0.3 is 12.4 Å². The number of primary amides is 1. The number of carbonyl (C=O) groups is 3. The number of anilines is 1. The van der Waals surface area contributed by atoms with Crippen LogP contribution in [0, 0.1) is 0 Å². The summed E-state index contributed by atoms with van der Waals surface area (Å²) in [6.07, 6.45) is -9.14. The number of ether oxygens (including phenoxy) is 1. The number of aliphatic hydroxyl groups excluding tert-OH is 2. The third kappa shape index (κ3) is 7.81. The maximum Gasteiger partial charge on any atom is 0.573 e. The molecule has 1 aliphatic rings. The van der Waals surface area contributed by atoms with Crippen molar-refractivity contribution >= 4 is 23.5 Å². The maximum atomic E-state index is 12.9. The average Bonchev–Trinajstić information content (AvgIpc) is 2.82. The van der Waals surface area contributed by atoms with Gasteiger partial charge in [0.05, 0.1) is 12.1 Å². The van der Waals surface area contributed by atoms with E-state index in [1.54, 1.807) is 30.3 Å². The van der Waals surface area contributed by atoms with Crippen LogP contribution in [0.1, 0.15) is 18.4 Å². The number of amides is 4. The van der Waals surface area contributed by atoms with Gasteiger partial charge in [0.25, 0.3) is 5.91 Å². The van der Waals surface area contributed by atoms with Gasteiger partial charge in [-0.3, -0.25) is 9.59 Å². The summed E-state index contributed by atoms with van der Waals surface area (Å²) >= 11 is 0. The molecule has 4 amide bonds. The molecule has 11 nitrogen and oxygen atoms in total. The van der Waals surface area contributed by atoms with Crippen molar-refractivity contribution < 1.29 is 47.6 Å². The molecule has 5 atom stereocenters. The lowest BCUT2D eigenvalue weighted by molar-refractivity contribution is -0.274. The SMILES string of the molecule is NC(=O)C(Cc1ccccc1)NC(=O)C1(O)CC(O)C(O)C(NC(=O)Nc2ccc(OC(F)(F)F)cc2)C1. The van der Waals surface area contributed by atoms with Crippen LogP contribution in [0.4, 0.5) is 23.7 Å². The number of benzene rings is 2. The van der Waals surface area contributed by atoms with Crippen LogP contribution in [0.3, 0.4) is 0 Å². The Kier molecular flexibility index (Phi) is 8.81. The molecule has 1 aliphatic carbocycles. The van der Waals surface area contributed by atoms with E-state index >= 15 is 0 Å². The first kappa shape index (κ1) is 28.7. The zero-order valence-electron chi connectivity index (χ0n) is 19.8. The topological polar surface area (TPSA) is 183 Å². The van der Waals surface area contributed by atoms with E-state index in [1.165, 1.54) is 0 Å². The Morgan fingerprint density at radius 1 is 1.05 bits per heavy atom. The lowest BCUT2D eigenvalue weighted by atomic mass is 9.77. The van der Waals surface area contributed by atoms with E-state index in [0.717, 1.165) is 24.3 Å². The van der Waals surface area contributed by atoms with Crippen LogP contribution in [-0.2, 0) is 16.0 Å². The summed E-state index contributed by atoms with van der Waals surface area (Å²) in [5.74, 6) is -2.40. The second-order valence-electron chi connectivity index (χ2n) is 8.89. The smallest absolute Gasteiger partial charge is 0.406 e. The van der Waals surface area contributed by atoms with E-state index in [-0.39, 0.29) is 12.1 Å². The summed E-state index contributed by atoms with van der Waals surface area (Å²) in [5, 5.41) is 38.6. The lowest BCUT2D eigenvalue weighted by Crippen LogP contribution is -2.64. The molecule has 0 aliphatic heterocycles. The molecule has 0 spiro atoms. The number of carbonyl (C=O) groups excluding carboxylic acids is 3. The number of hydrogen-bond donors (Lipinski definition) is 7. The van der Waals surface area contributed by atoms with Crippen LogP contribution in [0.5, 0.6) is 5.75 Å². The van der Waals surface area contributed by atoms with Gasteiger partial charge in [0, 0.05) is 24.9 Å². The summed E-state index contributed by atoms with van der Waals surface area (Å²) in [4.78, 5) is 37.3. The first-order chi connectivity index (χ1) is 17.8. The van der Waals surface area contributed by atoms with Gasteiger partial charge in [-0.15, -0.1) is 13.2 Å². The van der Waals surface area contributed by atoms with Gasteiger partial charge in [0.1, 0.15) is 23.5 Å². The molecular weight excluding hydrogens is 513 g/mol. The molecule has 206 valence electrons. The molecule has 0 aromatic heterocycles. The summed E-state index contributed by atoms with van der Waals surface area (Å²) in [7, 11) is 0. The molecule has 0 radical (unpaired) electrons. The summed E-state index contributed by atoms with van der Waals surface area (Å²) in [5.41, 5.74) is 3.89. The van der Waals surface area contributed by atoms with Gasteiger partial charge in [-0.25, -0.2) is 4.79 Å². The molecule has 0 bridgehead atoms. The Hall–Kier alpha value is -3.88. The molecule has 38 heavy (non-hydrogen) atoms. The highest BCUT2D eigenvalue weighted by Gasteiger charge is 2.49. The predicted molar refractivity (Wildman–Crippen MR) is 127 cm³/mol. The first-order valence-corrected chi connectivity index (χ1v) is 11.4. The highest BCUT2D eigenvalue weighted by molar-refractivity contribution is 5.92. The van der Waals surface area contributed by atoms with Crippen molar-refractivity contribution in [1.29, 1.82) is 0 Å². The second kappa shape index (κ2) is 11.7. The predicted octanol–water partition coefficient (Wildman–Crippen LogP) is 0.535. The summed E-state index contributed by atoms with van der Waals surface area (Å²) in [6, 6.07) is 9.42. The third-order valence-electron chi connectivity index (χ3n) is 5.93. The van der Waals surface area contributed by atoms with E-state index in [2.05, 4.69) is 20.7 Å². The fraction of sp³-hybridized carbons (Fsp3) is 0.375. The third-order valence-corrected chi connectivity index (χ3v) is 5.93. The van der Waals surface area contributed by atoms with Gasteiger partial charge in [-0.2, -0.15) is 0 Å². The van der Waals surface area contributed by atoms with Crippen molar-refractivity contribution in [2.75, 3.05) is 5.32 Å².